The van der Waals surface area contributed by atoms with E-state index in [2.05, 4.69) is 10.6 Å². The van der Waals surface area contributed by atoms with Gasteiger partial charge in [0.25, 0.3) is 0 Å². The summed E-state index contributed by atoms with van der Waals surface area (Å²) in [6.07, 6.45) is -4.60. The molecule has 0 saturated carbocycles. The van der Waals surface area contributed by atoms with Crippen LogP contribution in [0.3, 0.4) is 0 Å². The number of hydrogen-bond acceptors (Lipinski definition) is 4. The van der Waals surface area contributed by atoms with Crippen LogP contribution in [0.5, 0.6) is 5.75 Å². The van der Waals surface area contributed by atoms with Crippen LogP contribution in [0.25, 0.3) is 0 Å². The topological polar surface area (TPSA) is 81.7 Å². The molecule has 0 saturated heterocycles. The van der Waals surface area contributed by atoms with Crippen LogP contribution in [0.2, 0.25) is 5.02 Å². The van der Waals surface area contributed by atoms with Crippen molar-refractivity contribution in [3.05, 3.63) is 47.0 Å². The van der Waals surface area contributed by atoms with E-state index in [1.165, 1.54) is 44.4 Å². The standard InChI is InChI=1S/C16H15ClF3N3O3S2/c1-23(2)28(25,26)14-10(17)7-8-12(13(14)24)22-15(27)21-11-6-4-3-5-9(11)16(18,19)20/h3-8,24H,1-2H3,(H2,21,22,27). The van der Waals surface area contributed by atoms with Crippen LogP contribution < -0.4 is 10.6 Å². The second kappa shape index (κ2) is 8.11. The monoisotopic (exact) mass is 453 g/mol. The Balaban J connectivity index is 2.35. The van der Waals surface area contributed by atoms with Gasteiger partial charge in [-0.15, -0.1) is 0 Å². The lowest BCUT2D eigenvalue weighted by Gasteiger charge is -2.18. The molecule has 12 heteroatoms. The minimum atomic E-state index is -4.60. The molecule has 0 fully saturated rings. The second-order valence-corrected chi connectivity index (χ2v) is 8.59. The van der Waals surface area contributed by atoms with Crippen molar-refractivity contribution in [2.24, 2.45) is 0 Å². The minimum absolute atomic E-state index is 0.146. The van der Waals surface area contributed by atoms with E-state index >= 15 is 0 Å². The number of phenols is 1. The molecular weight excluding hydrogens is 439 g/mol. The molecule has 0 aliphatic heterocycles. The summed E-state index contributed by atoms with van der Waals surface area (Å²) in [5.74, 6) is -0.713. The Morgan fingerprint density at radius 3 is 2.25 bits per heavy atom. The number of aromatic hydroxyl groups is 1. The van der Waals surface area contributed by atoms with E-state index in [1.807, 2.05) is 0 Å². The molecule has 2 aromatic carbocycles. The van der Waals surface area contributed by atoms with Crippen molar-refractivity contribution in [3.8, 4) is 5.75 Å². The smallest absolute Gasteiger partial charge is 0.418 e. The Hall–Kier alpha value is -2.08. The zero-order valence-electron chi connectivity index (χ0n) is 14.5. The van der Waals surface area contributed by atoms with Gasteiger partial charge in [-0.05, 0) is 36.5 Å². The fourth-order valence-electron chi connectivity index (χ4n) is 2.19. The lowest BCUT2D eigenvalue weighted by atomic mass is 10.1. The molecule has 0 spiro atoms. The predicted octanol–water partition coefficient (Wildman–Crippen LogP) is 4.12. The molecule has 2 aromatic rings. The number of alkyl halides is 3. The van der Waals surface area contributed by atoms with Gasteiger partial charge in [0.05, 0.1) is 22.0 Å². The lowest BCUT2D eigenvalue weighted by Crippen LogP contribution is -2.24. The number of phenolic OH excluding ortho intramolecular Hbond substituents is 1. The first-order chi connectivity index (χ1) is 12.9. The fraction of sp³-hybridized carbons (Fsp3) is 0.188. The maximum Gasteiger partial charge on any atom is 0.418 e. The van der Waals surface area contributed by atoms with Gasteiger partial charge in [-0.25, -0.2) is 12.7 Å². The van der Waals surface area contributed by atoms with Gasteiger partial charge in [-0.3, -0.25) is 0 Å². The van der Waals surface area contributed by atoms with E-state index in [4.69, 9.17) is 23.8 Å². The Labute approximate surface area is 170 Å². The first kappa shape index (κ1) is 22.2. The van der Waals surface area contributed by atoms with Gasteiger partial charge in [0, 0.05) is 14.1 Å². The zero-order valence-corrected chi connectivity index (χ0v) is 16.9. The van der Waals surface area contributed by atoms with Gasteiger partial charge in [-0.1, -0.05) is 23.7 Å². The van der Waals surface area contributed by atoms with Crippen molar-refractivity contribution in [2.45, 2.75) is 11.1 Å². The van der Waals surface area contributed by atoms with Crippen LogP contribution in [0.4, 0.5) is 24.5 Å². The first-order valence-corrected chi connectivity index (χ1v) is 9.76. The number of nitrogens with one attached hydrogen (secondary N) is 2. The molecule has 0 radical (unpaired) electrons. The average molecular weight is 454 g/mol. The van der Waals surface area contributed by atoms with E-state index in [0.29, 0.717) is 0 Å². The normalized spacial score (nSPS) is 12.1. The number of rotatable bonds is 4. The van der Waals surface area contributed by atoms with Crippen molar-refractivity contribution in [1.82, 2.24) is 4.31 Å². The van der Waals surface area contributed by atoms with E-state index in [-0.39, 0.29) is 21.5 Å². The molecule has 0 aromatic heterocycles. The zero-order chi connectivity index (χ0) is 21.3. The Bertz CT molecular complexity index is 1010. The van der Waals surface area contributed by atoms with Gasteiger partial charge < -0.3 is 15.7 Å². The molecule has 6 nitrogen and oxygen atoms in total. The molecule has 0 amide bonds. The number of hydrogen-bond donors (Lipinski definition) is 3. The van der Waals surface area contributed by atoms with Crippen molar-refractivity contribution in [2.75, 3.05) is 24.7 Å². The largest absolute Gasteiger partial charge is 0.504 e. The van der Waals surface area contributed by atoms with E-state index < -0.39 is 32.4 Å². The van der Waals surface area contributed by atoms with Gasteiger partial charge in [0.1, 0.15) is 4.90 Å². The highest BCUT2D eigenvalue weighted by Crippen LogP contribution is 2.38. The SMILES string of the molecule is CN(C)S(=O)(=O)c1c(Cl)ccc(NC(=S)Nc2ccccc2C(F)(F)F)c1O. The number of benzene rings is 2. The summed E-state index contributed by atoms with van der Waals surface area (Å²) in [4.78, 5) is -0.553. The maximum absolute atomic E-state index is 13.1. The minimum Gasteiger partial charge on any atom is -0.504 e. The summed E-state index contributed by atoms with van der Waals surface area (Å²) < 4.78 is 64.7. The van der Waals surface area contributed by atoms with E-state index in [0.717, 1.165) is 10.4 Å². The molecule has 0 bridgehead atoms. The van der Waals surface area contributed by atoms with Crippen LogP contribution in [0, 0.1) is 0 Å². The van der Waals surface area contributed by atoms with Gasteiger partial charge in [0.15, 0.2) is 10.9 Å². The van der Waals surface area contributed by atoms with Crippen LogP contribution in [0.15, 0.2) is 41.3 Å². The number of sulfonamides is 1. The predicted molar refractivity (Wildman–Crippen MR) is 105 cm³/mol. The average Bonchev–Trinajstić information content (AvgIpc) is 2.56. The van der Waals surface area contributed by atoms with Crippen LogP contribution in [-0.4, -0.2) is 37.0 Å². The maximum atomic E-state index is 13.1. The van der Waals surface area contributed by atoms with Crippen LogP contribution in [0.1, 0.15) is 5.56 Å². The molecule has 0 atom stereocenters. The molecule has 28 heavy (non-hydrogen) atoms. The summed E-state index contributed by atoms with van der Waals surface area (Å²) in [5.41, 5.74) is -1.38. The Morgan fingerprint density at radius 2 is 1.68 bits per heavy atom. The van der Waals surface area contributed by atoms with Crippen LogP contribution >= 0.6 is 23.8 Å². The third-order valence-electron chi connectivity index (χ3n) is 3.55. The summed E-state index contributed by atoms with van der Waals surface area (Å²) >= 11 is 10.9. The lowest BCUT2D eigenvalue weighted by molar-refractivity contribution is -0.136. The molecule has 0 aliphatic carbocycles. The van der Waals surface area contributed by atoms with Gasteiger partial charge in [0.2, 0.25) is 10.0 Å². The summed E-state index contributed by atoms with van der Waals surface area (Å²) in [5, 5.41) is 14.7. The number of nitrogens with zero attached hydrogens (tertiary/aromatic N) is 1. The highest BCUT2D eigenvalue weighted by atomic mass is 35.5. The number of thiocarbonyl (C=S) groups is 1. The highest BCUT2D eigenvalue weighted by molar-refractivity contribution is 7.89. The molecule has 2 rings (SSSR count). The van der Waals surface area contributed by atoms with Crippen molar-refractivity contribution < 1.29 is 26.7 Å². The molecule has 3 N–H and O–H groups in total. The van der Waals surface area contributed by atoms with Gasteiger partial charge in [-0.2, -0.15) is 13.2 Å². The number of para-hydroxylation sites is 1. The first-order valence-electron chi connectivity index (χ1n) is 7.54. The Morgan fingerprint density at radius 1 is 1.11 bits per heavy atom. The highest BCUT2D eigenvalue weighted by Gasteiger charge is 2.33. The van der Waals surface area contributed by atoms with Crippen molar-refractivity contribution in [3.63, 3.8) is 0 Å². The van der Waals surface area contributed by atoms with Crippen molar-refractivity contribution >= 4 is 50.3 Å². The van der Waals surface area contributed by atoms with E-state index in [9.17, 15) is 26.7 Å². The van der Waals surface area contributed by atoms with Crippen LogP contribution in [-0.2, 0) is 16.2 Å². The second-order valence-electron chi connectivity index (χ2n) is 5.68. The molecular formula is C16H15ClF3N3O3S2. The molecule has 0 heterocycles. The van der Waals surface area contributed by atoms with Gasteiger partial charge >= 0.3 is 6.18 Å². The number of anilines is 2. The molecule has 0 aliphatic rings. The van der Waals surface area contributed by atoms with Crippen molar-refractivity contribution in [1.29, 1.82) is 0 Å². The van der Waals surface area contributed by atoms with E-state index in [1.54, 1.807) is 0 Å². The number of halogens is 4. The quantitative estimate of drug-likeness (QED) is 0.477. The third kappa shape index (κ3) is 4.66. The Kier molecular flexibility index (Phi) is 6.44. The summed E-state index contributed by atoms with van der Waals surface area (Å²) in [6, 6.07) is 7.14. The fourth-order valence-corrected chi connectivity index (χ4v) is 3.89. The summed E-state index contributed by atoms with van der Waals surface area (Å²) in [6.45, 7) is 0. The molecule has 152 valence electrons. The summed E-state index contributed by atoms with van der Waals surface area (Å²) in [7, 11) is -1.57. The third-order valence-corrected chi connectivity index (χ3v) is 6.07. The molecule has 0 unspecified atom stereocenters.